The fourth-order valence-corrected chi connectivity index (χ4v) is 1.77. The molecule has 0 bridgehead atoms. The van der Waals surface area contributed by atoms with E-state index in [0.717, 1.165) is 0 Å². The van der Waals surface area contributed by atoms with Crippen LogP contribution in [0, 0.1) is 0 Å². The van der Waals surface area contributed by atoms with E-state index in [0.29, 0.717) is 10.9 Å². The Morgan fingerprint density at radius 2 is 2.00 bits per heavy atom. The topological polar surface area (TPSA) is 38.9 Å². The minimum absolute atomic E-state index is 0.181. The summed E-state index contributed by atoms with van der Waals surface area (Å²) in [5, 5.41) is 0.688. The van der Waals surface area contributed by atoms with Crippen molar-refractivity contribution in [2.45, 2.75) is 12.1 Å². The molecule has 2 N–H and O–H groups in total. The highest BCUT2D eigenvalue weighted by Gasteiger charge is 2.39. The summed E-state index contributed by atoms with van der Waals surface area (Å²) in [6.45, 7) is -0.449. The van der Waals surface area contributed by atoms with Crippen LogP contribution in [0.15, 0.2) is 36.5 Å². The van der Waals surface area contributed by atoms with Gasteiger partial charge in [-0.2, -0.15) is 13.2 Å². The van der Waals surface area contributed by atoms with Crippen LogP contribution in [0.2, 0.25) is 0 Å². The Kier molecular flexibility index (Phi) is 3.02. The van der Waals surface area contributed by atoms with Gasteiger partial charge in [0, 0.05) is 18.1 Å². The van der Waals surface area contributed by atoms with E-state index < -0.39 is 18.6 Å². The zero-order valence-electron chi connectivity index (χ0n) is 8.91. The summed E-state index contributed by atoms with van der Waals surface area (Å²) >= 11 is 0. The molecular weight excluding hydrogens is 229 g/mol. The van der Waals surface area contributed by atoms with E-state index in [-0.39, 0.29) is 5.56 Å². The van der Waals surface area contributed by atoms with Crippen LogP contribution in [0.25, 0.3) is 10.9 Å². The standard InChI is InChI=1S/C12H11F3N2/c13-12(14,15)10(7-16)8-3-4-11-9(6-8)2-1-5-17-11/h1-6,10H,7,16H2. The number of aromatic nitrogens is 1. The third-order valence-electron chi connectivity index (χ3n) is 2.66. The summed E-state index contributed by atoms with van der Waals surface area (Å²) in [4.78, 5) is 4.06. The van der Waals surface area contributed by atoms with E-state index in [1.807, 2.05) is 0 Å². The van der Waals surface area contributed by atoms with E-state index in [1.54, 1.807) is 24.4 Å². The lowest BCUT2D eigenvalue weighted by Gasteiger charge is -2.19. The minimum Gasteiger partial charge on any atom is -0.330 e. The zero-order valence-corrected chi connectivity index (χ0v) is 8.91. The van der Waals surface area contributed by atoms with Crippen LogP contribution >= 0.6 is 0 Å². The maximum absolute atomic E-state index is 12.7. The van der Waals surface area contributed by atoms with Gasteiger partial charge in [0.2, 0.25) is 0 Å². The van der Waals surface area contributed by atoms with Crippen LogP contribution in [0.5, 0.6) is 0 Å². The number of pyridine rings is 1. The summed E-state index contributed by atoms with van der Waals surface area (Å²) < 4.78 is 38.1. The molecule has 0 amide bonds. The van der Waals surface area contributed by atoms with Crippen molar-refractivity contribution in [1.29, 1.82) is 0 Å². The Labute approximate surface area is 96.3 Å². The molecule has 0 aliphatic rings. The predicted octanol–water partition coefficient (Wildman–Crippen LogP) is 2.84. The van der Waals surface area contributed by atoms with Gasteiger partial charge in [-0.3, -0.25) is 4.98 Å². The van der Waals surface area contributed by atoms with Crippen LogP contribution in [0.3, 0.4) is 0 Å². The van der Waals surface area contributed by atoms with Crippen LogP contribution in [-0.2, 0) is 0 Å². The molecule has 2 aromatic rings. The molecule has 90 valence electrons. The first-order valence-corrected chi connectivity index (χ1v) is 5.14. The highest BCUT2D eigenvalue weighted by molar-refractivity contribution is 5.79. The van der Waals surface area contributed by atoms with Gasteiger partial charge in [-0.1, -0.05) is 12.1 Å². The summed E-state index contributed by atoms with van der Waals surface area (Å²) in [6.07, 6.45) is -2.71. The quantitative estimate of drug-likeness (QED) is 0.876. The van der Waals surface area contributed by atoms with Crippen LogP contribution in [-0.4, -0.2) is 17.7 Å². The van der Waals surface area contributed by atoms with Gasteiger partial charge in [-0.05, 0) is 23.8 Å². The Bertz CT molecular complexity index is 522. The number of benzene rings is 1. The molecule has 1 unspecified atom stereocenters. The number of nitrogens with zero attached hydrogens (tertiary/aromatic N) is 1. The van der Waals surface area contributed by atoms with Gasteiger partial charge in [0.15, 0.2) is 0 Å². The summed E-state index contributed by atoms with van der Waals surface area (Å²) in [7, 11) is 0. The molecule has 0 spiro atoms. The summed E-state index contributed by atoms with van der Waals surface area (Å²) in [5.41, 5.74) is 6.06. The van der Waals surface area contributed by atoms with Crippen LogP contribution in [0.4, 0.5) is 13.2 Å². The van der Waals surface area contributed by atoms with Gasteiger partial charge < -0.3 is 5.73 Å². The predicted molar refractivity (Wildman–Crippen MR) is 59.6 cm³/mol. The summed E-state index contributed by atoms with van der Waals surface area (Å²) in [5.74, 6) is -1.62. The van der Waals surface area contributed by atoms with E-state index in [4.69, 9.17) is 5.73 Å². The number of hydrogen-bond donors (Lipinski definition) is 1. The van der Waals surface area contributed by atoms with E-state index in [9.17, 15) is 13.2 Å². The van der Waals surface area contributed by atoms with E-state index in [2.05, 4.69) is 4.98 Å². The van der Waals surface area contributed by atoms with Crippen LogP contribution < -0.4 is 5.73 Å². The second kappa shape index (κ2) is 4.33. The highest BCUT2D eigenvalue weighted by Crippen LogP contribution is 2.34. The monoisotopic (exact) mass is 240 g/mol. The SMILES string of the molecule is NCC(c1ccc2ncccc2c1)C(F)(F)F. The molecule has 0 aliphatic carbocycles. The molecule has 0 saturated heterocycles. The van der Waals surface area contributed by atoms with Gasteiger partial charge >= 0.3 is 6.18 Å². The number of halogens is 3. The average molecular weight is 240 g/mol. The van der Waals surface area contributed by atoms with Crippen molar-refractivity contribution < 1.29 is 13.2 Å². The number of fused-ring (bicyclic) bond motifs is 1. The smallest absolute Gasteiger partial charge is 0.330 e. The third kappa shape index (κ3) is 2.39. The Hall–Kier alpha value is -1.62. The molecule has 2 rings (SSSR count). The van der Waals surface area contributed by atoms with Gasteiger partial charge in [0.25, 0.3) is 0 Å². The maximum Gasteiger partial charge on any atom is 0.396 e. The molecule has 2 nitrogen and oxygen atoms in total. The Morgan fingerprint density at radius 1 is 1.24 bits per heavy atom. The lowest BCUT2D eigenvalue weighted by molar-refractivity contribution is -0.148. The number of nitrogens with two attached hydrogens (primary N) is 1. The second-order valence-corrected chi connectivity index (χ2v) is 3.79. The maximum atomic E-state index is 12.7. The fourth-order valence-electron chi connectivity index (χ4n) is 1.77. The van der Waals surface area contributed by atoms with E-state index >= 15 is 0 Å². The van der Waals surface area contributed by atoms with Crippen molar-refractivity contribution in [1.82, 2.24) is 4.98 Å². The lowest BCUT2D eigenvalue weighted by Crippen LogP contribution is -2.27. The fraction of sp³-hybridized carbons (Fsp3) is 0.250. The minimum atomic E-state index is -4.31. The zero-order chi connectivity index (χ0) is 12.5. The second-order valence-electron chi connectivity index (χ2n) is 3.79. The molecule has 1 atom stereocenters. The molecule has 0 aliphatic heterocycles. The van der Waals surface area contributed by atoms with Gasteiger partial charge in [0.1, 0.15) is 0 Å². The first-order valence-electron chi connectivity index (χ1n) is 5.14. The molecule has 0 saturated carbocycles. The highest BCUT2D eigenvalue weighted by atomic mass is 19.4. The molecular formula is C12H11F3N2. The largest absolute Gasteiger partial charge is 0.396 e. The van der Waals surface area contributed by atoms with Crippen molar-refractivity contribution >= 4 is 10.9 Å². The first-order chi connectivity index (χ1) is 8.02. The summed E-state index contributed by atoms with van der Waals surface area (Å²) in [6, 6.07) is 7.93. The lowest BCUT2D eigenvalue weighted by atomic mass is 9.97. The first kappa shape index (κ1) is 11.9. The number of rotatable bonds is 2. The molecule has 5 heteroatoms. The van der Waals surface area contributed by atoms with Gasteiger partial charge in [0.05, 0.1) is 11.4 Å². The normalized spacial score (nSPS) is 13.9. The van der Waals surface area contributed by atoms with Crippen molar-refractivity contribution in [2.75, 3.05) is 6.54 Å². The van der Waals surface area contributed by atoms with E-state index in [1.165, 1.54) is 12.1 Å². The van der Waals surface area contributed by atoms with Crippen molar-refractivity contribution in [3.05, 3.63) is 42.1 Å². The molecule has 0 fully saturated rings. The van der Waals surface area contributed by atoms with Crippen LogP contribution in [0.1, 0.15) is 11.5 Å². The molecule has 17 heavy (non-hydrogen) atoms. The van der Waals surface area contributed by atoms with Crippen molar-refractivity contribution in [3.8, 4) is 0 Å². The molecule has 1 aromatic heterocycles. The molecule has 1 heterocycles. The molecule has 0 radical (unpaired) electrons. The van der Waals surface area contributed by atoms with Gasteiger partial charge in [-0.15, -0.1) is 0 Å². The molecule has 1 aromatic carbocycles. The van der Waals surface area contributed by atoms with Crippen molar-refractivity contribution in [2.24, 2.45) is 5.73 Å². The number of hydrogen-bond acceptors (Lipinski definition) is 2. The Balaban J connectivity index is 2.48. The van der Waals surface area contributed by atoms with Gasteiger partial charge in [-0.25, -0.2) is 0 Å². The van der Waals surface area contributed by atoms with Crippen molar-refractivity contribution in [3.63, 3.8) is 0 Å². The Morgan fingerprint density at radius 3 is 2.65 bits per heavy atom. The average Bonchev–Trinajstić information content (AvgIpc) is 2.28. The third-order valence-corrected chi connectivity index (χ3v) is 2.66. The number of alkyl halides is 3.